The summed E-state index contributed by atoms with van der Waals surface area (Å²) in [5.41, 5.74) is 2.92. The Labute approximate surface area is 191 Å². The van der Waals surface area contributed by atoms with Crippen LogP contribution < -0.4 is 19.7 Å². The molecular formula is C24H25N3O4S. The lowest BCUT2D eigenvalue weighted by molar-refractivity contribution is -0.117. The summed E-state index contributed by atoms with van der Waals surface area (Å²) in [4.78, 5) is 31.9. The second kappa shape index (κ2) is 9.40. The Balaban J connectivity index is 1.52. The molecule has 4 rings (SSSR count). The van der Waals surface area contributed by atoms with Crippen LogP contribution in [0.2, 0.25) is 0 Å². The Morgan fingerprint density at radius 1 is 1.22 bits per heavy atom. The molecule has 0 atom stereocenters. The van der Waals surface area contributed by atoms with E-state index < -0.39 is 0 Å². The molecule has 0 bridgehead atoms. The summed E-state index contributed by atoms with van der Waals surface area (Å²) in [6, 6.07) is 13.0. The van der Waals surface area contributed by atoms with E-state index in [2.05, 4.69) is 10.3 Å². The summed E-state index contributed by atoms with van der Waals surface area (Å²) in [7, 11) is 1.56. The molecule has 3 aromatic rings. The number of hydrogen-bond donors (Lipinski definition) is 1. The van der Waals surface area contributed by atoms with E-state index in [4.69, 9.17) is 9.47 Å². The molecule has 2 amide bonds. The first-order valence-electron chi connectivity index (χ1n) is 10.5. The van der Waals surface area contributed by atoms with Gasteiger partial charge in [0, 0.05) is 30.3 Å². The van der Waals surface area contributed by atoms with Crippen molar-refractivity contribution in [1.82, 2.24) is 4.98 Å². The van der Waals surface area contributed by atoms with Crippen LogP contribution in [-0.2, 0) is 4.79 Å². The Bertz CT molecular complexity index is 1140. The lowest BCUT2D eigenvalue weighted by atomic mass is 10.2. The molecule has 2 aromatic carbocycles. The molecule has 0 radical (unpaired) electrons. The van der Waals surface area contributed by atoms with Crippen molar-refractivity contribution >= 4 is 34.5 Å². The molecular weight excluding hydrogens is 426 g/mol. The second-order valence-electron chi connectivity index (χ2n) is 7.38. The van der Waals surface area contributed by atoms with Crippen LogP contribution >= 0.6 is 11.3 Å². The number of methoxy groups -OCH3 is 1. The lowest BCUT2D eigenvalue weighted by Gasteiger charge is -2.19. The van der Waals surface area contributed by atoms with Gasteiger partial charge in [0.1, 0.15) is 21.4 Å². The summed E-state index contributed by atoms with van der Waals surface area (Å²) in [6.07, 6.45) is 1.38. The molecule has 1 saturated heterocycles. The summed E-state index contributed by atoms with van der Waals surface area (Å²) >= 11 is 1.34. The van der Waals surface area contributed by atoms with Crippen LogP contribution in [0.5, 0.6) is 11.5 Å². The van der Waals surface area contributed by atoms with Gasteiger partial charge in [-0.15, -0.1) is 11.3 Å². The van der Waals surface area contributed by atoms with Gasteiger partial charge in [-0.05, 0) is 56.7 Å². The molecule has 1 fully saturated rings. The number of aryl methyl sites for hydroxylation is 1. The van der Waals surface area contributed by atoms with E-state index in [1.807, 2.05) is 44.2 Å². The molecule has 0 spiro atoms. The Kier molecular flexibility index (Phi) is 6.41. The zero-order valence-corrected chi connectivity index (χ0v) is 19.1. The average molecular weight is 452 g/mol. The fourth-order valence-electron chi connectivity index (χ4n) is 3.66. The van der Waals surface area contributed by atoms with E-state index in [1.54, 1.807) is 24.1 Å². The molecule has 2 heterocycles. The van der Waals surface area contributed by atoms with E-state index in [0.717, 1.165) is 28.4 Å². The minimum Gasteiger partial charge on any atom is -0.494 e. The maximum absolute atomic E-state index is 12.9. The van der Waals surface area contributed by atoms with Crippen LogP contribution in [-0.4, -0.2) is 37.1 Å². The molecule has 166 valence electrons. The summed E-state index contributed by atoms with van der Waals surface area (Å²) in [5, 5.41) is 3.70. The fourth-order valence-corrected chi connectivity index (χ4v) is 4.63. The van der Waals surface area contributed by atoms with E-state index in [9.17, 15) is 9.59 Å². The average Bonchev–Trinajstić information content (AvgIpc) is 3.40. The monoisotopic (exact) mass is 451 g/mol. The first-order valence-corrected chi connectivity index (χ1v) is 11.3. The molecule has 1 aromatic heterocycles. The topological polar surface area (TPSA) is 80.8 Å². The quantitative estimate of drug-likeness (QED) is 0.552. The SMILES string of the molecule is CCOc1ccc(-c2nc(C)c(C(=O)Nc3ccc(N4CCCC4=O)c(OC)c3)s2)cc1. The standard InChI is InChI=1S/C24H25N3O4S/c1-4-31-18-10-7-16(8-11-18)24-25-15(2)22(32-24)23(29)26-17-9-12-19(20(14-17)30-3)27-13-5-6-21(27)28/h7-12,14H,4-6,13H2,1-3H3,(H,26,29). The zero-order valence-electron chi connectivity index (χ0n) is 18.3. The molecule has 7 nitrogen and oxygen atoms in total. The van der Waals surface area contributed by atoms with Gasteiger partial charge in [0.05, 0.1) is 25.1 Å². The molecule has 1 N–H and O–H groups in total. The Morgan fingerprint density at radius 3 is 2.66 bits per heavy atom. The van der Waals surface area contributed by atoms with E-state index in [0.29, 0.717) is 41.6 Å². The first kappa shape index (κ1) is 21.8. The van der Waals surface area contributed by atoms with Crippen molar-refractivity contribution in [2.24, 2.45) is 0 Å². The number of nitrogens with zero attached hydrogens (tertiary/aromatic N) is 2. The van der Waals surface area contributed by atoms with Gasteiger partial charge in [-0.1, -0.05) is 0 Å². The largest absolute Gasteiger partial charge is 0.494 e. The van der Waals surface area contributed by atoms with Crippen molar-refractivity contribution in [3.05, 3.63) is 53.0 Å². The molecule has 8 heteroatoms. The summed E-state index contributed by atoms with van der Waals surface area (Å²) in [5.74, 6) is 1.20. The minimum absolute atomic E-state index is 0.0854. The smallest absolute Gasteiger partial charge is 0.267 e. The lowest BCUT2D eigenvalue weighted by Crippen LogP contribution is -2.24. The fraction of sp³-hybridized carbons (Fsp3) is 0.292. The number of aromatic nitrogens is 1. The molecule has 32 heavy (non-hydrogen) atoms. The number of benzene rings is 2. The highest BCUT2D eigenvalue weighted by Gasteiger charge is 2.25. The zero-order chi connectivity index (χ0) is 22.7. The van der Waals surface area contributed by atoms with Crippen LogP contribution in [0.3, 0.4) is 0 Å². The van der Waals surface area contributed by atoms with Crippen molar-refractivity contribution in [2.75, 3.05) is 30.5 Å². The van der Waals surface area contributed by atoms with Gasteiger partial charge >= 0.3 is 0 Å². The number of thiazole rings is 1. The number of amides is 2. The number of carbonyl (C=O) groups is 2. The number of hydrogen-bond acceptors (Lipinski definition) is 6. The maximum Gasteiger partial charge on any atom is 0.267 e. The predicted molar refractivity (Wildman–Crippen MR) is 126 cm³/mol. The van der Waals surface area contributed by atoms with Gasteiger partial charge in [0.15, 0.2) is 0 Å². The second-order valence-corrected chi connectivity index (χ2v) is 8.38. The third kappa shape index (κ3) is 4.45. The Hall–Kier alpha value is -3.39. The molecule has 0 aliphatic carbocycles. The molecule has 1 aliphatic heterocycles. The first-order chi connectivity index (χ1) is 15.5. The van der Waals surface area contributed by atoms with Crippen molar-refractivity contribution in [2.45, 2.75) is 26.7 Å². The molecule has 0 unspecified atom stereocenters. The molecule has 0 saturated carbocycles. The number of nitrogens with one attached hydrogen (secondary N) is 1. The van der Waals surface area contributed by atoms with Gasteiger partial charge in [-0.3, -0.25) is 9.59 Å². The van der Waals surface area contributed by atoms with E-state index in [1.165, 1.54) is 11.3 Å². The normalized spacial score (nSPS) is 13.3. The van der Waals surface area contributed by atoms with Gasteiger partial charge in [-0.25, -0.2) is 4.98 Å². The third-order valence-electron chi connectivity index (χ3n) is 5.22. The van der Waals surface area contributed by atoms with Crippen molar-refractivity contribution < 1.29 is 19.1 Å². The Morgan fingerprint density at radius 2 is 2.00 bits per heavy atom. The van der Waals surface area contributed by atoms with E-state index in [-0.39, 0.29) is 11.8 Å². The van der Waals surface area contributed by atoms with Gasteiger partial charge < -0.3 is 19.7 Å². The van der Waals surface area contributed by atoms with E-state index >= 15 is 0 Å². The van der Waals surface area contributed by atoms with Crippen LogP contribution in [0.25, 0.3) is 10.6 Å². The predicted octanol–water partition coefficient (Wildman–Crippen LogP) is 4.90. The third-order valence-corrected chi connectivity index (χ3v) is 6.42. The highest BCUT2D eigenvalue weighted by atomic mass is 32.1. The van der Waals surface area contributed by atoms with Crippen LogP contribution in [0.15, 0.2) is 42.5 Å². The van der Waals surface area contributed by atoms with Crippen LogP contribution in [0, 0.1) is 6.92 Å². The van der Waals surface area contributed by atoms with Gasteiger partial charge in [0.25, 0.3) is 5.91 Å². The van der Waals surface area contributed by atoms with Gasteiger partial charge in [-0.2, -0.15) is 0 Å². The number of anilines is 2. The number of carbonyl (C=O) groups excluding carboxylic acids is 2. The van der Waals surface area contributed by atoms with Crippen LogP contribution in [0.4, 0.5) is 11.4 Å². The van der Waals surface area contributed by atoms with Crippen LogP contribution in [0.1, 0.15) is 35.1 Å². The molecule has 1 aliphatic rings. The van der Waals surface area contributed by atoms with Crippen molar-refractivity contribution in [3.8, 4) is 22.1 Å². The van der Waals surface area contributed by atoms with Crippen molar-refractivity contribution in [3.63, 3.8) is 0 Å². The summed E-state index contributed by atoms with van der Waals surface area (Å²) < 4.78 is 11.0. The number of ether oxygens (including phenoxy) is 2. The van der Waals surface area contributed by atoms with Gasteiger partial charge in [0.2, 0.25) is 5.91 Å². The minimum atomic E-state index is -0.232. The maximum atomic E-state index is 12.9. The summed E-state index contributed by atoms with van der Waals surface area (Å²) in [6.45, 7) is 5.06. The van der Waals surface area contributed by atoms with Crippen molar-refractivity contribution in [1.29, 1.82) is 0 Å². The highest BCUT2D eigenvalue weighted by molar-refractivity contribution is 7.17. The number of rotatable bonds is 7. The highest BCUT2D eigenvalue weighted by Crippen LogP contribution is 2.35.